The van der Waals surface area contributed by atoms with Crippen molar-refractivity contribution in [3.05, 3.63) is 113 Å². The van der Waals surface area contributed by atoms with Crippen molar-refractivity contribution < 1.29 is 24.2 Å². The molecule has 3 aromatic carbocycles. The second kappa shape index (κ2) is 10.8. The standard InChI is InChI=1S/C28H27NO5/c29-23(17-20-11-14-22(15-12-20)33-18-21-9-5-2-6-10-21)26(30)25-27(31)24(34-28(25)32)16-13-19-7-3-1-4-8-19/h1-12,14-15,23-24,30H,13,16-18,29H2. The van der Waals surface area contributed by atoms with Gasteiger partial charge in [0.2, 0.25) is 5.78 Å². The average Bonchev–Trinajstić information content (AvgIpc) is 3.15. The summed E-state index contributed by atoms with van der Waals surface area (Å²) in [6.45, 7) is 0.461. The first-order chi connectivity index (χ1) is 16.5. The topological polar surface area (TPSA) is 98.9 Å². The second-order valence-electron chi connectivity index (χ2n) is 8.27. The van der Waals surface area contributed by atoms with E-state index in [2.05, 4.69) is 0 Å². The molecule has 1 aliphatic rings. The Labute approximate surface area is 198 Å². The summed E-state index contributed by atoms with van der Waals surface area (Å²) in [4.78, 5) is 25.0. The molecule has 0 saturated carbocycles. The van der Waals surface area contributed by atoms with Crippen LogP contribution < -0.4 is 10.5 Å². The molecule has 3 aromatic rings. The van der Waals surface area contributed by atoms with Gasteiger partial charge in [0.05, 0.1) is 6.04 Å². The van der Waals surface area contributed by atoms with Gasteiger partial charge in [-0.05, 0) is 48.1 Å². The van der Waals surface area contributed by atoms with Crippen molar-refractivity contribution >= 4 is 11.8 Å². The number of aryl methyl sites for hydroxylation is 1. The molecule has 6 nitrogen and oxygen atoms in total. The van der Waals surface area contributed by atoms with Crippen molar-refractivity contribution in [2.45, 2.75) is 38.0 Å². The fraction of sp³-hybridized carbons (Fsp3) is 0.214. The Morgan fingerprint density at radius 2 is 1.50 bits per heavy atom. The fourth-order valence-corrected chi connectivity index (χ4v) is 3.87. The SMILES string of the molecule is NC(Cc1ccc(OCc2ccccc2)cc1)C(O)=C1C(=O)OC(CCc2ccccc2)C1=O. The molecule has 1 saturated heterocycles. The number of aliphatic hydroxyl groups is 1. The Bertz CT molecular complexity index is 1160. The van der Waals surface area contributed by atoms with Crippen LogP contribution in [-0.2, 0) is 33.8 Å². The largest absolute Gasteiger partial charge is 0.510 e. The molecule has 1 fully saturated rings. The highest BCUT2D eigenvalue weighted by Gasteiger charge is 2.41. The predicted octanol–water partition coefficient (Wildman–Crippen LogP) is 4.07. The molecule has 34 heavy (non-hydrogen) atoms. The van der Waals surface area contributed by atoms with Crippen molar-refractivity contribution in [3.63, 3.8) is 0 Å². The zero-order chi connectivity index (χ0) is 23.9. The van der Waals surface area contributed by atoms with Crippen LogP contribution in [0.3, 0.4) is 0 Å². The molecular formula is C28H27NO5. The number of esters is 1. The summed E-state index contributed by atoms with van der Waals surface area (Å²) in [7, 11) is 0. The maximum absolute atomic E-state index is 12.7. The van der Waals surface area contributed by atoms with Crippen molar-refractivity contribution in [1.29, 1.82) is 0 Å². The van der Waals surface area contributed by atoms with Crippen molar-refractivity contribution in [2.24, 2.45) is 5.73 Å². The Balaban J connectivity index is 1.35. The lowest BCUT2D eigenvalue weighted by Gasteiger charge is -2.13. The normalized spacial score (nSPS) is 17.9. The van der Waals surface area contributed by atoms with Gasteiger partial charge in [-0.25, -0.2) is 4.79 Å². The number of carbonyl (C=O) groups is 2. The van der Waals surface area contributed by atoms with Gasteiger partial charge in [-0.15, -0.1) is 0 Å². The van der Waals surface area contributed by atoms with Crippen LogP contribution in [0.5, 0.6) is 5.75 Å². The van der Waals surface area contributed by atoms with E-state index in [-0.39, 0.29) is 12.0 Å². The first-order valence-electron chi connectivity index (χ1n) is 11.2. The first kappa shape index (κ1) is 23.3. The maximum Gasteiger partial charge on any atom is 0.346 e. The van der Waals surface area contributed by atoms with E-state index in [9.17, 15) is 14.7 Å². The van der Waals surface area contributed by atoms with Gasteiger partial charge in [0.1, 0.15) is 23.7 Å². The minimum Gasteiger partial charge on any atom is -0.510 e. The van der Waals surface area contributed by atoms with Crippen molar-refractivity contribution in [3.8, 4) is 5.75 Å². The number of ether oxygens (including phenoxy) is 2. The third-order valence-electron chi connectivity index (χ3n) is 5.76. The van der Waals surface area contributed by atoms with E-state index in [1.165, 1.54) is 0 Å². The van der Waals surface area contributed by atoms with E-state index in [0.29, 0.717) is 25.2 Å². The highest BCUT2D eigenvalue weighted by atomic mass is 16.6. The molecule has 0 aliphatic carbocycles. The van der Waals surface area contributed by atoms with E-state index in [1.54, 1.807) is 0 Å². The molecular weight excluding hydrogens is 430 g/mol. The summed E-state index contributed by atoms with van der Waals surface area (Å²) in [5.41, 5.74) is 8.75. The van der Waals surface area contributed by atoms with Crippen LogP contribution in [0.1, 0.15) is 23.1 Å². The predicted molar refractivity (Wildman–Crippen MR) is 128 cm³/mol. The molecule has 0 aromatic heterocycles. The first-order valence-corrected chi connectivity index (χ1v) is 11.2. The minimum atomic E-state index is -0.907. The molecule has 0 amide bonds. The maximum atomic E-state index is 12.7. The molecule has 1 aliphatic heterocycles. The van der Waals surface area contributed by atoms with Crippen molar-refractivity contribution in [2.75, 3.05) is 0 Å². The summed E-state index contributed by atoms with van der Waals surface area (Å²) >= 11 is 0. The van der Waals surface area contributed by atoms with E-state index >= 15 is 0 Å². The highest BCUT2D eigenvalue weighted by molar-refractivity contribution is 6.23. The summed E-state index contributed by atoms with van der Waals surface area (Å²) < 4.78 is 11.0. The number of cyclic esters (lactones) is 1. The Morgan fingerprint density at radius 3 is 2.15 bits per heavy atom. The Hall–Kier alpha value is -3.90. The Kier molecular flexibility index (Phi) is 7.40. The van der Waals surface area contributed by atoms with Gasteiger partial charge in [-0.3, -0.25) is 4.79 Å². The van der Waals surface area contributed by atoms with E-state index < -0.39 is 29.7 Å². The van der Waals surface area contributed by atoms with Gasteiger partial charge >= 0.3 is 5.97 Å². The van der Waals surface area contributed by atoms with Crippen LogP contribution in [-0.4, -0.2) is 29.0 Å². The minimum absolute atomic E-state index is 0.254. The number of benzene rings is 3. The van der Waals surface area contributed by atoms with Crippen LogP contribution in [0, 0.1) is 0 Å². The number of carbonyl (C=O) groups excluding carboxylic acids is 2. The third kappa shape index (κ3) is 5.71. The van der Waals surface area contributed by atoms with Gasteiger partial charge < -0.3 is 20.3 Å². The van der Waals surface area contributed by atoms with Gasteiger partial charge in [0.15, 0.2) is 6.10 Å². The molecule has 3 N–H and O–H groups in total. The second-order valence-corrected chi connectivity index (χ2v) is 8.27. The zero-order valence-corrected chi connectivity index (χ0v) is 18.7. The lowest BCUT2D eigenvalue weighted by atomic mass is 9.98. The van der Waals surface area contributed by atoms with Crippen LogP contribution in [0.4, 0.5) is 0 Å². The molecule has 174 valence electrons. The number of Topliss-reactive ketones (excluding diaryl/α,β-unsaturated/α-hetero) is 1. The molecule has 0 bridgehead atoms. The lowest BCUT2D eigenvalue weighted by Crippen LogP contribution is -2.29. The van der Waals surface area contributed by atoms with Gasteiger partial charge in [0, 0.05) is 0 Å². The number of hydrogen-bond acceptors (Lipinski definition) is 6. The van der Waals surface area contributed by atoms with Crippen molar-refractivity contribution in [1.82, 2.24) is 0 Å². The summed E-state index contributed by atoms with van der Waals surface area (Å²) in [5, 5.41) is 10.6. The smallest absolute Gasteiger partial charge is 0.346 e. The number of aliphatic hydroxyl groups excluding tert-OH is 1. The van der Waals surface area contributed by atoms with E-state index in [1.807, 2.05) is 84.9 Å². The van der Waals surface area contributed by atoms with Gasteiger partial charge in [0.25, 0.3) is 0 Å². The van der Waals surface area contributed by atoms with E-state index in [4.69, 9.17) is 15.2 Å². The molecule has 6 heteroatoms. The number of nitrogens with two attached hydrogens (primary N) is 1. The zero-order valence-electron chi connectivity index (χ0n) is 18.7. The molecule has 1 heterocycles. The number of rotatable bonds is 9. The van der Waals surface area contributed by atoms with Crippen LogP contribution >= 0.6 is 0 Å². The van der Waals surface area contributed by atoms with Crippen LogP contribution in [0.15, 0.2) is 96.3 Å². The quantitative estimate of drug-likeness (QED) is 0.217. The van der Waals surface area contributed by atoms with Gasteiger partial charge in [-0.2, -0.15) is 0 Å². The van der Waals surface area contributed by atoms with E-state index in [0.717, 1.165) is 16.7 Å². The highest BCUT2D eigenvalue weighted by Crippen LogP contribution is 2.25. The fourth-order valence-electron chi connectivity index (χ4n) is 3.87. The third-order valence-corrected chi connectivity index (χ3v) is 5.76. The van der Waals surface area contributed by atoms with Gasteiger partial charge in [-0.1, -0.05) is 72.8 Å². The summed E-state index contributed by atoms with van der Waals surface area (Å²) in [5.74, 6) is -1.06. The summed E-state index contributed by atoms with van der Waals surface area (Å²) in [6.07, 6.45) is 0.288. The molecule has 2 unspecified atom stereocenters. The number of hydrogen-bond donors (Lipinski definition) is 2. The number of ketones is 1. The molecule has 0 radical (unpaired) electrons. The average molecular weight is 458 g/mol. The molecule has 2 atom stereocenters. The Morgan fingerprint density at radius 1 is 0.882 bits per heavy atom. The van der Waals surface area contributed by atoms with Crippen LogP contribution in [0.25, 0.3) is 0 Å². The summed E-state index contributed by atoms with van der Waals surface area (Å²) in [6, 6.07) is 25.9. The monoisotopic (exact) mass is 457 g/mol. The van der Waals surface area contributed by atoms with Crippen LogP contribution in [0.2, 0.25) is 0 Å². The molecule has 0 spiro atoms. The lowest BCUT2D eigenvalue weighted by molar-refractivity contribution is -0.141. The molecule has 4 rings (SSSR count).